The number of nitrogens with two attached hydrogens (primary N) is 2. The van der Waals surface area contributed by atoms with E-state index in [4.69, 9.17) is 21.4 Å². The molecule has 3 aromatic carbocycles. The van der Waals surface area contributed by atoms with E-state index < -0.39 is 41.9 Å². The van der Waals surface area contributed by atoms with Crippen molar-refractivity contribution in [1.82, 2.24) is 5.32 Å². The molecule has 2 amide bonds. The highest BCUT2D eigenvalue weighted by atomic mass is 19.4. The zero-order chi connectivity index (χ0) is 30.6. The fourth-order valence-corrected chi connectivity index (χ4v) is 3.66. The fraction of sp³-hybridized carbons (Fsp3) is 0.179. The van der Waals surface area contributed by atoms with E-state index in [1.807, 2.05) is 48.5 Å². The molecule has 13 heteroatoms. The van der Waals surface area contributed by atoms with Gasteiger partial charge in [0.1, 0.15) is 6.04 Å². The lowest BCUT2D eigenvalue weighted by Gasteiger charge is -2.19. The molecular formula is C28H27F3N4O6. The van der Waals surface area contributed by atoms with Gasteiger partial charge in [-0.15, -0.1) is 0 Å². The molecule has 3 rings (SSSR count). The molecular weight excluding hydrogens is 545 g/mol. The first-order chi connectivity index (χ1) is 19.3. The van der Waals surface area contributed by atoms with Crippen LogP contribution in [0.3, 0.4) is 0 Å². The molecule has 216 valence electrons. The molecule has 0 spiro atoms. The SMILES string of the molecule is NC(N)=NC(=O)CC[C@H](NC(=O)c1ccc(C(c2ccccc2)c2ccccc2)cc1)C(=O)O.O=C(O)C(F)(F)F. The summed E-state index contributed by atoms with van der Waals surface area (Å²) in [6.45, 7) is 0. The summed E-state index contributed by atoms with van der Waals surface area (Å²) in [6.07, 6.45) is -5.44. The van der Waals surface area contributed by atoms with Crippen LogP contribution in [0, 0.1) is 0 Å². The van der Waals surface area contributed by atoms with Gasteiger partial charge < -0.3 is 27.0 Å². The van der Waals surface area contributed by atoms with Crippen molar-refractivity contribution < 1.29 is 42.6 Å². The highest BCUT2D eigenvalue weighted by Crippen LogP contribution is 2.31. The summed E-state index contributed by atoms with van der Waals surface area (Å²) < 4.78 is 31.7. The molecule has 0 bridgehead atoms. The van der Waals surface area contributed by atoms with E-state index in [1.54, 1.807) is 12.1 Å². The molecule has 0 fully saturated rings. The summed E-state index contributed by atoms with van der Waals surface area (Å²) in [5, 5.41) is 19.0. The predicted octanol–water partition coefficient (Wildman–Crippen LogP) is 3.26. The molecule has 7 N–H and O–H groups in total. The van der Waals surface area contributed by atoms with Crippen molar-refractivity contribution in [2.24, 2.45) is 16.5 Å². The van der Waals surface area contributed by atoms with E-state index in [0.29, 0.717) is 5.56 Å². The first-order valence-corrected chi connectivity index (χ1v) is 12.0. The number of alkyl halides is 3. The number of nitrogens with one attached hydrogen (secondary N) is 1. The number of hydrogen-bond acceptors (Lipinski definition) is 4. The van der Waals surface area contributed by atoms with E-state index >= 15 is 0 Å². The molecule has 1 atom stereocenters. The fourth-order valence-electron chi connectivity index (χ4n) is 3.66. The Kier molecular flexibility index (Phi) is 11.6. The van der Waals surface area contributed by atoms with Crippen LogP contribution in [0.25, 0.3) is 0 Å². The summed E-state index contributed by atoms with van der Waals surface area (Å²) in [5.74, 6) is -5.64. The lowest BCUT2D eigenvalue weighted by atomic mass is 9.85. The topological polar surface area (TPSA) is 185 Å². The van der Waals surface area contributed by atoms with E-state index in [0.717, 1.165) is 16.7 Å². The Hall–Kier alpha value is -5.20. The van der Waals surface area contributed by atoms with Crippen LogP contribution in [0.15, 0.2) is 89.9 Å². The predicted molar refractivity (Wildman–Crippen MR) is 143 cm³/mol. The number of aliphatic imine (C=N–C) groups is 1. The summed E-state index contributed by atoms with van der Waals surface area (Å²) >= 11 is 0. The molecule has 0 aliphatic carbocycles. The maximum atomic E-state index is 12.7. The lowest BCUT2D eigenvalue weighted by Crippen LogP contribution is -2.41. The minimum Gasteiger partial charge on any atom is -0.480 e. The van der Waals surface area contributed by atoms with Gasteiger partial charge in [-0.3, -0.25) is 9.59 Å². The molecule has 0 aromatic heterocycles. The number of guanidine groups is 1. The molecule has 0 saturated heterocycles. The van der Waals surface area contributed by atoms with Gasteiger partial charge in [-0.2, -0.15) is 18.2 Å². The maximum absolute atomic E-state index is 12.7. The monoisotopic (exact) mass is 572 g/mol. The maximum Gasteiger partial charge on any atom is 0.490 e. The third-order valence-electron chi connectivity index (χ3n) is 5.52. The molecule has 3 aromatic rings. The molecule has 0 heterocycles. The van der Waals surface area contributed by atoms with Crippen LogP contribution in [-0.4, -0.2) is 52.1 Å². The van der Waals surface area contributed by atoms with E-state index in [1.165, 1.54) is 0 Å². The van der Waals surface area contributed by atoms with Crippen molar-refractivity contribution in [1.29, 1.82) is 0 Å². The highest BCUT2D eigenvalue weighted by molar-refractivity contribution is 5.97. The number of carboxylic acid groups (broad SMARTS) is 2. The number of benzene rings is 3. The van der Waals surface area contributed by atoms with Crippen LogP contribution >= 0.6 is 0 Å². The van der Waals surface area contributed by atoms with Crippen LogP contribution < -0.4 is 16.8 Å². The second kappa shape index (κ2) is 14.8. The second-order valence-corrected chi connectivity index (χ2v) is 8.51. The quantitative estimate of drug-likeness (QED) is 0.147. The summed E-state index contributed by atoms with van der Waals surface area (Å²) in [4.78, 5) is 48.1. The van der Waals surface area contributed by atoms with Crippen molar-refractivity contribution in [2.75, 3.05) is 0 Å². The number of carbonyl (C=O) groups is 4. The van der Waals surface area contributed by atoms with Crippen LogP contribution in [0.4, 0.5) is 13.2 Å². The van der Waals surface area contributed by atoms with Crippen LogP contribution in [0.2, 0.25) is 0 Å². The van der Waals surface area contributed by atoms with Gasteiger partial charge in [-0.25, -0.2) is 9.59 Å². The number of amides is 2. The summed E-state index contributed by atoms with van der Waals surface area (Å²) in [7, 11) is 0. The molecule has 0 aliphatic heterocycles. The number of rotatable bonds is 9. The van der Waals surface area contributed by atoms with Gasteiger partial charge in [0, 0.05) is 17.9 Å². The average Bonchev–Trinajstić information content (AvgIpc) is 2.92. The lowest BCUT2D eigenvalue weighted by molar-refractivity contribution is -0.192. The first kappa shape index (κ1) is 32.0. The highest BCUT2D eigenvalue weighted by Gasteiger charge is 2.38. The van der Waals surface area contributed by atoms with Gasteiger partial charge in [0.25, 0.3) is 5.91 Å². The Labute approximate surface area is 232 Å². The zero-order valence-corrected chi connectivity index (χ0v) is 21.4. The largest absolute Gasteiger partial charge is 0.490 e. The summed E-state index contributed by atoms with van der Waals surface area (Å²) in [5.41, 5.74) is 13.8. The minimum atomic E-state index is -5.08. The van der Waals surface area contributed by atoms with Crippen molar-refractivity contribution >= 4 is 29.7 Å². The smallest absolute Gasteiger partial charge is 0.480 e. The molecule has 0 saturated carbocycles. The number of hydrogen-bond donors (Lipinski definition) is 5. The third kappa shape index (κ3) is 10.5. The Morgan fingerprint density at radius 3 is 1.61 bits per heavy atom. The van der Waals surface area contributed by atoms with Crippen LogP contribution in [0.1, 0.15) is 45.8 Å². The molecule has 0 radical (unpaired) electrons. The number of nitrogens with zero attached hydrogens (tertiary/aromatic N) is 1. The summed E-state index contributed by atoms with van der Waals surface area (Å²) in [6, 6.07) is 25.9. The van der Waals surface area contributed by atoms with Gasteiger partial charge in [0.05, 0.1) is 0 Å². The normalized spacial score (nSPS) is 11.4. The zero-order valence-electron chi connectivity index (χ0n) is 21.4. The number of halogens is 3. The van der Waals surface area contributed by atoms with Gasteiger partial charge in [-0.05, 0) is 35.2 Å². The van der Waals surface area contributed by atoms with Gasteiger partial charge >= 0.3 is 18.1 Å². The van der Waals surface area contributed by atoms with Crippen molar-refractivity contribution in [3.05, 3.63) is 107 Å². The van der Waals surface area contributed by atoms with Crippen molar-refractivity contribution in [3.8, 4) is 0 Å². The van der Waals surface area contributed by atoms with E-state index in [-0.39, 0.29) is 18.8 Å². The minimum absolute atomic E-state index is 0.0205. The third-order valence-corrected chi connectivity index (χ3v) is 5.52. The Bertz CT molecular complexity index is 1320. The van der Waals surface area contributed by atoms with Crippen molar-refractivity contribution in [2.45, 2.75) is 31.0 Å². The number of carbonyl (C=O) groups excluding carboxylic acids is 2. The van der Waals surface area contributed by atoms with E-state index in [2.05, 4.69) is 34.6 Å². The molecule has 10 nitrogen and oxygen atoms in total. The number of aliphatic carboxylic acids is 2. The molecule has 0 unspecified atom stereocenters. The Morgan fingerprint density at radius 1 is 0.780 bits per heavy atom. The number of carboxylic acids is 2. The molecule has 0 aliphatic rings. The molecule has 41 heavy (non-hydrogen) atoms. The van der Waals surface area contributed by atoms with Crippen LogP contribution in [-0.2, 0) is 14.4 Å². The van der Waals surface area contributed by atoms with Gasteiger partial charge in [0.15, 0.2) is 5.96 Å². The van der Waals surface area contributed by atoms with Gasteiger partial charge in [-0.1, -0.05) is 72.8 Å². The van der Waals surface area contributed by atoms with Crippen LogP contribution in [0.5, 0.6) is 0 Å². The standard InChI is InChI=1S/C26H26N4O4.C2HF3O2/c27-26(28)30-22(31)16-15-21(25(33)34)29-24(32)20-13-11-19(12-14-20)23(17-7-3-1-4-8-17)18-9-5-2-6-10-18;3-2(4,5)1(6)7/h1-14,21,23H,15-16H2,(H,29,32)(H,33,34)(H4,27,28,30,31);(H,6,7)/t21-;/m0./s1. The van der Waals surface area contributed by atoms with E-state index in [9.17, 15) is 32.7 Å². The van der Waals surface area contributed by atoms with Gasteiger partial charge in [0.2, 0.25) is 5.91 Å². The first-order valence-electron chi connectivity index (χ1n) is 12.0. The second-order valence-electron chi connectivity index (χ2n) is 8.51. The van der Waals surface area contributed by atoms with Crippen molar-refractivity contribution in [3.63, 3.8) is 0 Å². The Balaban J connectivity index is 0.000000745. The average molecular weight is 573 g/mol. The Morgan fingerprint density at radius 2 is 1.22 bits per heavy atom.